The minimum atomic E-state index is -0.461. The monoisotopic (exact) mass is 429 g/mol. The van der Waals surface area contributed by atoms with Gasteiger partial charge in [0.25, 0.3) is 11.5 Å². The van der Waals surface area contributed by atoms with Gasteiger partial charge in [0.15, 0.2) is 11.5 Å². The number of nitrogens with one attached hydrogen (secondary N) is 2. The maximum absolute atomic E-state index is 12.9. The van der Waals surface area contributed by atoms with Crippen LogP contribution in [0.2, 0.25) is 0 Å². The van der Waals surface area contributed by atoms with E-state index in [9.17, 15) is 9.59 Å². The van der Waals surface area contributed by atoms with E-state index in [1.807, 2.05) is 25.1 Å². The number of hydrogen-bond donors (Lipinski definition) is 2. The number of amides is 1. The molecule has 0 aliphatic heterocycles. The third kappa shape index (κ3) is 3.39. The summed E-state index contributed by atoms with van der Waals surface area (Å²) in [6.07, 6.45) is 2.09. The number of aromatic nitrogens is 4. The van der Waals surface area contributed by atoms with Crippen molar-refractivity contribution in [2.24, 2.45) is 0 Å². The number of aryl methyl sites for hydroxylation is 1. The molecule has 160 valence electrons. The van der Waals surface area contributed by atoms with Crippen LogP contribution < -0.4 is 10.9 Å². The van der Waals surface area contributed by atoms with Crippen molar-refractivity contribution >= 4 is 22.7 Å². The van der Waals surface area contributed by atoms with Crippen LogP contribution in [-0.2, 0) is 6.42 Å². The van der Waals surface area contributed by atoms with Crippen molar-refractivity contribution in [1.29, 1.82) is 0 Å². The predicted octanol–water partition coefficient (Wildman–Crippen LogP) is 4.08. The Morgan fingerprint density at radius 3 is 2.75 bits per heavy atom. The molecule has 5 rings (SSSR count). The first-order chi connectivity index (χ1) is 15.5. The van der Waals surface area contributed by atoms with E-state index in [4.69, 9.17) is 8.83 Å². The van der Waals surface area contributed by atoms with Gasteiger partial charge in [0.05, 0.1) is 6.26 Å². The first-order valence-corrected chi connectivity index (χ1v) is 10.1. The maximum atomic E-state index is 12.9. The molecule has 4 aromatic heterocycles. The molecule has 0 saturated heterocycles. The number of hydrogen-bond acceptors (Lipinski definition) is 6. The molecule has 1 amide bonds. The molecular formula is C23H19N5O4. The number of H-pyrrole nitrogens is 1. The zero-order chi connectivity index (χ0) is 22.2. The highest BCUT2D eigenvalue weighted by atomic mass is 16.3. The Morgan fingerprint density at radius 2 is 2.03 bits per heavy atom. The molecule has 0 bridgehead atoms. The number of fused-ring (bicyclic) bond motifs is 1. The largest absolute Gasteiger partial charge is 0.463 e. The molecule has 0 spiro atoms. The van der Waals surface area contributed by atoms with Crippen LogP contribution >= 0.6 is 0 Å². The van der Waals surface area contributed by atoms with Crippen LogP contribution in [0.5, 0.6) is 0 Å². The molecule has 0 fully saturated rings. The maximum Gasteiger partial charge on any atom is 0.292 e. The molecule has 0 unspecified atom stereocenters. The fourth-order valence-electron chi connectivity index (χ4n) is 3.56. The van der Waals surface area contributed by atoms with Crippen LogP contribution in [0, 0.1) is 6.92 Å². The Balaban J connectivity index is 1.58. The minimum Gasteiger partial charge on any atom is -0.463 e. The van der Waals surface area contributed by atoms with Crippen LogP contribution in [-0.4, -0.2) is 25.7 Å². The Morgan fingerprint density at radius 1 is 1.19 bits per heavy atom. The number of aromatic amines is 1. The number of nitrogens with zero attached hydrogens (tertiary/aromatic N) is 3. The number of furan rings is 2. The van der Waals surface area contributed by atoms with Crippen molar-refractivity contribution in [3.05, 3.63) is 82.2 Å². The molecule has 2 N–H and O–H groups in total. The van der Waals surface area contributed by atoms with Gasteiger partial charge in [0, 0.05) is 22.7 Å². The fourth-order valence-corrected chi connectivity index (χ4v) is 3.56. The number of para-hydroxylation sites is 1. The predicted molar refractivity (Wildman–Crippen MR) is 118 cm³/mol. The van der Waals surface area contributed by atoms with Crippen molar-refractivity contribution in [2.45, 2.75) is 20.3 Å². The summed E-state index contributed by atoms with van der Waals surface area (Å²) in [6, 6.07) is 14.2. The van der Waals surface area contributed by atoms with Crippen LogP contribution in [0.25, 0.3) is 28.4 Å². The number of rotatable bonds is 5. The number of anilines is 1. The molecule has 1 aromatic carbocycles. The smallest absolute Gasteiger partial charge is 0.292 e. The van der Waals surface area contributed by atoms with Gasteiger partial charge in [-0.15, -0.1) is 0 Å². The number of carbonyl (C=O) groups excluding carboxylic acids is 1. The second-order valence-corrected chi connectivity index (χ2v) is 7.21. The van der Waals surface area contributed by atoms with E-state index in [2.05, 4.69) is 20.4 Å². The summed E-state index contributed by atoms with van der Waals surface area (Å²) in [5.74, 6) is 0.679. The molecule has 0 aliphatic carbocycles. The zero-order valence-corrected chi connectivity index (χ0v) is 17.4. The second-order valence-electron chi connectivity index (χ2n) is 7.21. The molecule has 0 saturated carbocycles. The molecule has 0 radical (unpaired) electrons. The topological polar surface area (TPSA) is 119 Å². The standard InChI is InChI=1S/C23H19N5O4/c1-3-15-13(2)24-23(26-21(15)29)28-20(12-16(27-28)18-9-6-10-31-18)25-22(30)19-11-14-7-4-5-8-17(14)32-19/h4-12H,3H2,1-2H3,(H,25,30)(H,24,26,29). The lowest BCUT2D eigenvalue weighted by atomic mass is 10.2. The molecule has 0 atom stereocenters. The number of carbonyl (C=O) groups is 1. The highest BCUT2D eigenvalue weighted by Gasteiger charge is 2.20. The van der Waals surface area contributed by atoms with Gasteiger partial charge in [0.2, 0.25) is 5.95 Å². The van der Waals surface area contributed by atoms with Crippen LogP contribution in [0.4, 0.5) is 5.82 Å². The molecule has 5 aromatic rings. The molecule has 9 nitrogen and oxygen atoms in total. The van der Waals surface area contributed by atoms with Crippen molar-refractivity contribution in [3.8, 4) is 17.4 Å². The summed E-state index contributed by atoms with van der Waals surface area (Å²) >= 11 is 0. The quantitative estimate of drug-likeness (QED) is 0.434. The third-order valence-corrected chi connectivity index (χ3v) is 5.14. The highest BCUT2D eigenvalue weighted by Crippen LogP contribution is 2.25. The van der Waals surface area contributed by atoms with Crippen LogP contribution in [0.1, 0.15) is 28.7 Å². The first-order valence-electron chi connectivity index (χ1n) is 10.1. The van der Waals surface area contributed by atoms with Gasteiger partial charge in [-0.3, -0.25) is 14.6 Å². The second kappa shape index (κ2) is 7.69. The third-order valence-electron chi connectivity index (χ3n) is 5.14. The summed E-state index contributed by atoms with van der Waals surface area (Å²) in [4.78, 5) is 32.7. The van der Waals surface area contributed by atoms with Gasteiger partial charge in [-0.05, 0) is 37.6 Å². The van der Waals surface area contributed by atoms with E-state index in [-0.39, 0.29) is 17.3 Å². The van der Waals surface area contributed by atoms with E-state index < -0.39 is 5.91 Å². The zero-order valence-electron chi connectivity index (χ0n) is 17.4. The van der Waals surface area contributed by atoms with Crippen molar-refractivity contribution < 1.29 is 13.6 Å². The van der Waals surface area contributed by atoms with Crippen LogP contribution in [0.3, 0.4) is 0 Å². The first kappa shape index (κ1) is 19.6. The lowest BCUT2D eigenvalue weighted by Gasteiger charge is -2.09. The Labute approximate surface area is 181 Å². The van der Waals surface area contributed by atoms with Gasteiger partial charge in [-0.1, -0.05) is 25.1 Å². The molecule has 32 heavy (non-hydrogen) atoms. The van der Waals surface area contributed by atoms with E-state index in [1.54, 1.807) is 37.3 Å². The van der Waals surface area contributed by atoms with Gasteiger partial charge in [-0.2, -0.15) is 9.78 Å². The van der Waals surface area contributed by atoms with Gasteiger partial charge >= 0.3 is 0 Å². The summed E-state index contributed by atoms with van der Waals surface area (Å²) < 4.78 is 12.5. The SMILES string of the molecule is CCc1c(C)nc(-n2nc(-c3ccco3)cc2NC(=O)c2cc3ccccc3o2)[nH]c1=O. The Bertz CT molecular complexity index is 1460. The summed E-state index contributed by atoms with van der Waals surface area (Å²) in [7, 11) is 0. The summed E-state index contributed by atoms with van der Waals surface area (Å²) in [5, 5.41) is 8.11. The molecular weight excluding hydrogens is 410 g/mol. The van der Waals surface area contributed by atoms with E-state index in [1.165, 1.54) is 10.9 Å². The van der Waals surface area contributed by atoms with Crippen molar-refractivity contribution in [2.75, 3.05) is 5.32 Å². The lowest BCUT2D eigenvalue weighted by molar-refractivity contribution is 0.0998. The molecule has 9 heteroatoms. The summed E-state index contributed by atoms with van der Waals surface area (Å²) in [6.45, 7) is 3.65. The molecule has 4 heterocycles. The number of benzene rings is 1. The fraction of sp³-hybridized carbons (Fsp3) is 0.130. The van der Waals surface area contributed by atoms with Crippen molar-refractivity contribution in [1.82, 2.24) is 19.7 Å². The Hall–Kier alpha value is -4.40. The van der Waals surface area contributed by atoms with Crippen LogP contribution in [0.15, 0.2) is 68.4 Å². The Kier molecular flexibility index (Phi) is 4.70. The summed E-state index contributed by atoms with van der Waals surface area (Å²) in [5.41, 5.74) is 2.02. The average molecular weight is 429 g/mol. The molecule has 0 aliphatic rings. The van der Waals surface area contributed by atoms with E-state index in [0.717, 1.165) is 5.39 Å². The average Bonchev–Trinajstić information content (AvgIpc) is 3.52. The van der Waals surface area contributed by atoms with Gasteiger partial charge in [-0.25, -0.2) is 4.98 Å². The van der Waals surface area contributed by atoms with E-state index >= 15 is 0 Å². The van der Waals surface area contributed by atoms with Gasteiger partial charge < -0.3 is 14.2 Å². The van der Waals surface area contributed by atoms with Crippen molar-refractivity contribution in [3.63, 3.8) is 0 Å². The normalized spacial score (nSPS) is 11.2. The lowest BCUT2D eigenvalue weighted by Crippen LogP contribution is -2.21. The van der Waals surface area contributed by atoms with E-state index in [0.29, 0.717) is 40.5 Å². The van der Waals surface area contributed by atoms with Gasteiger partial charge in [0.1, 0.15) is 17.1 Å². The highest BCUT2D eigenvalue weighted by molar-refractivity contribution is 6.04. The minimum absolute atomic E-state index is 0.150.